The van der Waals surface area contributed by atoms with E-state index in [1.807, 2.05) is 54.6 Å². The van der Waals surface area contributed by atoms with Gasteiger partial charge in [0.1, 0.15) is 5.75 Å². The van der Waals surface area contributed by atoms with E-state index in [2.05, 4.69) is 5.10 Å². The van der Waals surface area contributed by atoms with Gasteiger partial charge in [0.15, 0.2) is 0 Å². The molecule has 0 bridgehead atoms. The SMILES string of the molecule is COc1ccccc1CC(=O)N1CC(n2nc(-c3ccccc3)ccc2=O)C1. The van der Waals surface area contributed by atoms with E-state index >= 15 is 0 Å². The second-order valence-corrected chi connectivity index (χ2v) is 6.81. The van der Waals surface area contributed by atoms with Gasteiger partial charge in [-0.1, -0.05) is 48.5 Å². The fraction of sp³-hybridized carbons (Fsp3) is 0.227. The Bertz CT molecular complexity index is 1040. The van der Waals surface area contributed by atoms with Crippen molar-refractivity contribution in [2.75, 3.05) is 20.2 Å². The molecule has 1 aromatic heterocycles. The van der Waals surface area contributed by atoms with Crippen LogP contribution in [0.4, 0.5) is 0 Å². The number of likely N-dealkylation sites (tertiary alicyclic amines) is 1. The Morgan fingerprint density at radius 3 is 2.50 bits per heavy atom. The van der Waals surface area contributed by atoms with Crippen LogP contribution in [0, 0.1) is 0 Å². The van der Waals surface area contributed by atoms with E-state index in [-0.39, 0.29) is 23.9 Å². The minimum absolute atomic E-state index is 0.0213. The number of rotatable bonds is 5. The van der Waals surface area contributed by atoms with Gasteiger partial charge in [0.2, 0.25) is 5.91 Å². The molecule has 3 aromatic rings. The highest BCUT2D eigenvalue weighted by Gasteiger charge is 2.33. The Balaban J connectivity index is 1.45. The number of carbonyl (C=O) groups excluding carboxylic acids is 1. The van der Waals surface area contributed by atoms with Crippen molar-refractivity contribution in [3.8, 4) is 17.0 Å². The second-order valence-electron chi connectivity index (χ2n) is 6.81. The maximum Gasteiger partial charge on any atom is 0.267 e. The third kappa shape index (κ3) is 3.53. The zero-order valence-corrected chi connectivity index (χ0v) is 15.6. The molecule has 2 aromatic carbocycles. The van der Waals surface area contributed by atoms with Crippen LogP contribution >= 0.6 is 0 Å². The van der Waals surface area contributed by atoms with Gasteiger partial charge < -0.3 is 9.64 Å². The fourth-order valence-corrected chi connectivity index (χ4v) is 3.39. The first kappa shape index (κ1) is 18.0. The van der Waals surface area contributed by atoms with Crippen LogP contribution in [0.2, 0.25) is 0 Å². The monoisotopic (exact) mass is 375 g/mol. The first-order valence-corrected chi connectivity index (χ1v) is 9.20. The van der Waals surface area contributed by atoms with Crippen LogP contribution in [0.15, 0.2) is 71.5 Å². The van der Waals surface area contributed by atoms with Crippen LogP contribution in [0.25, 0.3) is 11.3 Å². The molecule has 0 unspecified atom stereocenters. The first-order chi connectivity index (χ1) is 13.7. The van der Waals surface area contributed by atoms with Crippen molar-refractivity contribution < 1.29 is 9.53 Å². The molecule has 0 radical (unpaired) electrons. The number of nitrogens with zero attached hydrogens (tertiary/aromatic N) is 3. The number of para-hydroxylation sites is 1. The van der Waals surface area contributed by atoms with Gasteiger partial charge in [0, 0.05) is 30.3 Å². The summed E-state index contributed by atoms with van der Waals surface area (Å²) in [6, 6.07) is 20.4. The Morgan fingerprint density at radius 2 is 1.75 bits per heavy atom. The molecule has 1 aliphatic heterocycles. The molecule has 6 nitrogen and oxygen atoms in total. The van der Waals surface area contributed by atoms with Crippen LogP contribution < -0.4 is 10.3 Å². The Labute approximate surface area is 163 Å². The molecule has 142 valence electrons. The average molecular weight is 375 g/mol. The molecule has 1 amide bonds. The maximum atomic E-state index is 12.6. The van der Waals surface area contributed by atoms with E-state index in [1.54, 1.807) is 18.1 Å². The standard InChI is InChI=1S/C22H21N3O3/c1-28-20-10-6-5-9-17(20)13-22(27)24-14-18(15-24)25-21(26)12-11-19(23-25)16-7-3-2-4-8-16/h2-12,18H,13-15H2,1H3. The number of aromatic nitrogens is 2. The number of methoxy groups -OCH3 is 1. The molecule has 0 N–H and O–H groups in total. The lowest BCUT2D eigenvalue weighted by atomic mass is 10.1. The summed E-state index contributed by atoms with van der Waals surface area (Å²) in [5.41, 5.74) is 2.42. The molecule has 0 atom stereocenters. The topological polar surface area (TPSA) is 64.4 Å². The molecule has 2 heterocycles. The van der Waals surface area contributed by atoms with Crippen molar-refractivity contribution in [2.24, 2.45) is 0 Å². The Hall–Kier alpha value is -3.41. The summed E-state index contributed by atoms with van der Waals surface area (Å²) in [6.45, 7) is 0.971. The molecule has 0 saturated carbocycles. The van der Waals surface area contributed by atoms with Gasteiger partial charge in [-0.05, 0) is 12.1 Å². The van der Waals surface area contributed by atoms with Crippen LogP contribution in [0.1, 0.15) is 11.6 Å². The summed E-state index contributed by atoms with van der Waals surface area (Å²) in [6.07, 6.45) is 0.281. The van der Waals surface area contributed by atoms with Crippen molar-refractivity contribution in [1.82, 2.24) is 14.7 Å². The lowest BCUT2D eigenvalue weighted by Crippen LogP contribution is -2.53. The minimum Gasteiger partial charge on any atom is -0.496 e. The summed E-state index contributed by atoms with van der Waals surface area (Å²) < 4.78 is 6.81. The first-order valence-electron chi connectivity index (χ1n) is 9.20. The lowest BCUT2D eigenvalue weighted by Gasteiger charge is -2.39. The molecule has 1 saturated heterocycles. The van der Waals surface area contributed by atoms with E-state index in [0.29, 0.717) is 18.8 Å². The molecule has 28 heavy (non-hydrogen) atoms. The van der Waals surface area contributed by atoms with Crippen molar-refractivity contribution >= 4 is 5.91 Å². The summed E-state index contributed by atoms with van der Waals surface area (Å²) >= 11 is 0. The Morgan fingerprint density at radius 1 is 1.04 bits per heavy atom. The van der Waals surface area contributed by atoms with E-state index in [9.17, 15) is 9.59 Å². The van der Waals surface area contributed by atoms with E-state index < -0.39 is 0 Å². The van der Waals surface area contributed by atoms with Gasteiger partial charge in [-0.3, -0.25) is 9.59 Å². The predicted molar refractivity (Wildman–Crippen MR) is 106 cm³/mol. The van der Waals surface area contributed by atoms with Gasteiger partial charge >= 0.3 is 0 Å². The molecular formula is C22H21N3O3. The summed E-state index contributed by atoms with van der Waals surface area (Å²) in [5, 5.41) is 4.52. The Kier molecular flexibility index (Phi) is 4.93. The molecule has 4 rings (SSSR count). The second kappa shape index (κ2) is 7.68. The lowest BCUT2D eigenvalue weighted by molar-refractivity contribution is -0.136. The zero-order valence-electron chi connectivity index (χ0n) is 15.6. The van der Waals surface area contributed by atoms with Gasteiger partial charge in [-0.2, -0.15) is 5.10 Å². The van der Waals surface area contributed by atoms with Gasteiger partial charge in [0.25, 0.3) is 5.56 Å². The normalized spacial score (nSPS) is 13.8. The van der Waals surface area contributed by atoms with Gasteiger partial charge in [0.05, 0.1) is 25.3 Å². The quantitative estimate of drug-likeness (QED) is 0.687. The van der Waals surface area contributed by atoms with E-state index in [4.69, 9.17) is 4.74 Å². The minimum atomic E-state index is -0.151. The summed E-state index contributed by atoms with van der Waals surface area (Å²) in [7, 11) is 1.60. The molecule has 0 aliphatic carbocycles. The van der Waals surface area contributed by atoms with Gasteiger partial charge in [-0.15, -0.1) is 0 Å². The van der Waals surface area contributed by atoms with Crippen LogP contribution in [0.5, 0.6) is 5.75 Å². The highest BCUT2D eigenvalue weighted by molar-refractivity contribution is 5.80. The highest BCUT2D eigenvalue weighted by atomic mass is 16.5. The summed E-state index contributed by atoms with van der Waals surface area (Å²) in [5.74, 6) is 0.731. The molecule has 1 aliphatic rings. The third-order valence-electron chi connectivity index (χ3n) is 4.99. The maximum absolute atomic E-state index is 12.6. The third-order valence-corrected chi connectivity index (χ3v) is 4.99. The molecular weight excluding hydrogens is 354 g/mol. The number of carbonyl (C=O) groups is 1. The molecule has 6 heteroatoms. The molecule has 0 spiro atoms. The van der Waals surface area contributed by atoms with Crippen LogP contribution in [0.3, 0.4) is 0 Å². The van der Waals surface area contributed by atoms with Gasteiger partial charge in [-0.25, -0.2) is 4.68 Å². The number of hydrogen-bond acceptors (Lipinski definition) is 4. The number of benzene rings is 2. The highest BCUT2D eigenvalue weighted by Crippen LogP contribution is 2.24. The smallest absolute Gasteiger partial charge is 0.267 e. The van der Waals surface area contributed by atoms with Crippen molar-refractivity contribution in [2.45, 2.75) is 12.5 Å². The van der Waals surface area contributed by atoms with Crippen molar-refractivity contribution in [3.05, 3.63) is 82.6 Å². The molecule has 1 fully saturated rings. The number of hydrogen-bond donors (Lipinski definition) is 0. The van der Waals surface area contributed by atoms with Crippen molar-refractivity contribution in [3.63, 3.8) is 0 Å². The van der Waals surface area contributed by atoms with Crippen LogP contribution in [-0.2, 0) is 11.2 Å². The van der Waals surface area contributed by atoms with E-state index in [1.165, 1.54) is 10.7 Å². The zero-order chi connectivity index (χ0) is 19.5. The van der Waals surface area contributed by atoms with Crippen LogP contribution in [-0.4, -0.2) is 40.8 Å². The average Bonchev–Trinajstić information content (AvgIpc) is 2.69. The fourth-order valence-electron chi connectivity index (χ4n) is 3.39. The van der Waals surface area contributed by atoms with Crippen molar-refractivity contribution in [1.29, 1.82) is 0 Å². The summed E-state index contributed by atoms with van der Waals surface area (Å²) in [4.78, 5) is 26.6. The number of amides is 1. The number of ether oxygens (including phenoxy) is 1. The largest absolute Gasteiger partial charge is 0.496 e. The predicted octanol–water partition coefficient (Wildman–Crippen LogP) is 2.54. The van der Waals surface area contributed by atoms with E-state index in [0.717, 1.165) is 16.8 Å².